The van der Waals surface area contributed by atoms with Gasteiger partial charge in [0.15, 0.2) is 0 Å². The number of hydrogen-bond donors (Lipinski definition) is 1. The highest BCUT2D eigenvalue weighted by Crippen LogP contribution is 2.44. The largest absolute Gasteiger partial charge is 0.480 e. The number of nitrogens with zero attached hydrogens (tertiary/aromatic N) is 2. The zero-order valence-electron chi connectivity index (χ0n) is 18.3. The second-order valence-electron chi connectivity index (χ2n) is 9.15. The maximum absolute atomic E-state index is 12.8. The van der Waals surface area contributed by atoms with Crippen LogP contribution in [0.4, 0.5) is 4.79 Å². The highest BCUT2D eigenvalue weighted by atomic mass is 16.6. The molecule has 1 aliphatic heterocycles. The third-order valence-electron chi connectivity index (χ3n) is 7.40. The Morgan fingerprint density at radius 3 is 2.03 bits per heavy atom. The van der Waals surface area contributed by atoms with E-state index in [0.717, 1.165) is 25.7 Å². The number of carboxylic acids is 1. The van der Waals surface area contributed by atoms with E-state index >= 15 is 0 Å². The van der Waals surface area contributed by atoms with Gasteiger partial charge < -0.3 is 14.7 Å². The molecule has 1 atom stereocenters. The van der Waals surface area contributed by atoms with Crippen molar-refractivity contribution in [3.05, 3.63) is 59.7 Å². The molecule has 0 aromatic heterocycles. The van der Waals surface area contributed by atoms with Crippen LogP contribution < -0.4 is 0 Å². The van der Waals surface area contributed by atoms with Crippen molar-refractivity contribution in [2.24, 2.45) is 5.92 Å². The molecule has 1 heterocycles. The van der Waals surface area contributed by atoms with Crippen molar-refractivity contribution in [2.45, 2.75) is 37.6 Å². The van der Waals surface area contributed by atoms with Crippen LogP contribution in [0.5, 0.6) is 0 Å². The number of benzene rings is 2. The average molecular weight is 435 g/mol. The molecule has 1 N–H and O–H groups in total. The number of carbonyl (C=O) groups is 2. The monoisotopic (exact) mass is 434 g/mol. The number of fused-ring (bicyclic) bond motifs is 3. The summed E-state index contributed by atoms with van der Waals surface area (Å²) < 4.78 is 5.77. The standard InChI is InChI=1S/C26H30N2O4/c29-25(30)24(18-7-1-2-8-18)27-13-15-28(16-14-27)26(31)32-17-23-21-11-5-3-9-19(21)20-10-4-6-12-22(20)23/h3-6,9-12,18,23-24H,1-2,7-8,13-17H2,(H,29,30). The Hall–Kier alpha value is -2.86. The Morgan fingerprint density at radius 2 is 1.47 bits per heavy atom. The van der Waals surface area contributed by atoms with Crippen molar-refractivity contribution in [2.75, 3.05) is 32.8 Å². The molecule has 2 aromatic carbocycles. The summed E-state index contributed by atoms with van der Waals surface area (Å²) in [4.78, 5) is 28.5. The van der Waals surface area contributed by atoms with E-state index in [1.807, 2.05) is 29.2 Å². The minimum Gasteiger partial charge on any atom is -0.480 e. The van der Waals surface area contributed by atoms with Crippen LogP contribution in [0.25, 0.3) is 11.1 Å². The van der Waals surface area contributed by atoms with Gasteiger partial charge in [-0.15, -0.1) is 0 Å². The van der Waals surface area contributed by atoms with Crippen LogP contribution in [0.15, 0.2) is 48.5 Å². The molecule has 1 unspecified atom stereocenters. The van der Waals surface area contributed by atoms with Crippen LogP contribution in [0, 0.1) is 5.92 Å². The molecule has 1 amide bonds. The molecular formula is C26H30N2O4. The number of rotatable bonds is 5. The van der Waals surface area contributed by atoms with Gasteiger partial charge in [-0.2, -0.15) is 0 Å². The van der Waals surface area contributed by atoms with Gasteiger partial charge in [-0.25, -0.2) is 4.79 Å². The van der Waals surface area contributed by atoms with Gasteiger partial charge in [0.25, 0.3) is 0 Å². The summed E-state index contributed by atoms with van der Waals surface area (Å²) in [6.07, 6.45) is 3.91. The van der Waals surface area contributed by atoms with Gasteiger partial charge in [0, 0.05) is 32.1 Å². The summed E-state index contributed by atoms with van der Waals surface area (Å²) in [6.45, 7) is 2.49. The normalized spacial score (nSPS) is 20.1. The molecule has 0 radical (unpaired) electrons. The van der Waals surface area contributed by atoms with Gasteiger partial charge in [0.05, 0.1) is 0 Å². The highest BCUT2D eigenvalue weighted by molar-refractivity contribution is 5.79. The molecular weight excluding hydrogens is 404 g/mol. The van der Waals surface area contributed by atoms with Gasteiger partial charge in [-0.05, 0) is 41.0 Å². The second-order valence-corrected chi connectivity index (χ2v) is 9.15. The SMILES string of the molecule is O=C(O)C(C1CCCC1)N1CCN(C(=O)OCC2c3ccccc3-c3ccccc32)CC1. The summed E-state index contributed by atoms with van der Waals surface area (Å²) in [5.74, 6) is -0.452. The molecule has 0 spiro atoms. The predicted octanol–water partition coefficient (Wildman–Crippen LogP) is 4.20. The molecule has 5 rings (SSSR count). The number of aliphatic carboxylic acids is 1. The van der Waals surface area contributed by atoms with Crippen molar-refractivity contribution in [3.63, 3.8) is 0 Å². The van der Waals surface area contributed by atoms with Crippen molar-refractivity contribution in [3.8, 4) is 11.1 Å². The lowest BCUT2D eigenvalue weighted by Crippen LogP contribution is -2.56. The van der Waals surface area contributed by atoms with E-state index in [-0.39, 0.29) is 17.9 Å². The molecule has 3 aliphatic rings. The first kappa shape index (κ1) is 21.0. The van der Waals surface area contributed by atoms with E-state index in [2.05, 4.69) is 24.3 Å². The maximum Gasteiger partial charge on any atom is 0.409 e. The summed E-state index contributed by atoms with van der Waals surface area (Å²) in [7, 11) is 0. The molecule has 6 nitrogen and oxygen atoms in total. The fourth-order valence-electron chi connectivity index (χ4n) is 5.80. The molecule has 6 heteroatoms. The molecule has 1 saturated heterocycles. The van der Waals surface area contributed by atoms with Gasteiger partial charge in [0.1, 0.15) is 12.6 Å². The van der Waals surface area contributed by atoms with E-state index in [4.69, 9.17) is 4.74 Å². The first-order valence-electron chi connectivity index (χ1n) is 11.7. The molecule has 2 aliphatic carbocycles. The third kappa shape index (κ3) is 3.88. The van der Waals surface area contributed by atoms with Crippen LogP contribution in [0.3, 0.4) is 0 Å². The van der Waals surface area contributed by atoms with Crippen LogP contribution in [-0.2, 0) is 9.53 Å². The van der Waals surface area contributed by atoms with Crippen LogP contribution in [0.1, 0.15) is 42.7 Å². The summed E-state index contributed by atoms with van der Waals surface area (Å²) in [6, 6.07) is 16.2. The van der Waals surface area contributed by atoms with E-state index in [1.54, 1.807) is 4.90 Å². The lowest BCUT2D eigenvalue weighted by Gasteiger charge is -2.39. The second kappa shape index (κ2) is 8.94. The average Bonchev–Trinajstić information content (AvgIpc) is 3.45. The van der Waals surface area contributed by atoms with Crippen molar-refractivity contribution < 1.29 is 19.4 Å². The number of carbonyl (C=O) groups excluding carboxylic acids is 1. The number of hydrogen-bond acceptors (Lipinski definition) is 4. The molecule has 2 fully saturated rings. The quantitative estimate of drug-likeness (QED) is 0.764. The van der Waals surface area contributed by atoms with E-state index in [9.17, 15) is 14.7 Å². The number of piperazine rings is 1. The Morgan fingerprint density at radius 1 is 0.906 bits per heavy atom. The van der Waals surface area contributed by atoms with Crippen LogP contribution in [-0.4, -0.2) is 65.8 Å². The summed E-state index contributed by atoms with van der Waals surface area (Å²) in [5, 5.41) is 9.78. The van der Waals surface area contributed by atoms with Crippen LogP contribution in [0.2, 0.25) is 0 Å². The van der Waals surface area contributed by atoms with Crippen molar-refractivity contribution in [1.29, 1.82) is 0 Å². The zero-order valence-corrected chi connectivity index (χ0v) is 18.3. The van der Waals surface area contributed by atoms with Gasteiger partial charge in [-0.3, -0.25) is 9.69 Å². The van der Waals surface area contributed by atoms with E-state index in [1.165, 1.54) is 22.3 Å². The number of carboxylic acid groups (broad SMARTS) is 1. The molecule has 32 heavy (non-hydrogen) atoms. The predicted molar refractivity (Wildman–Crippen MR) is 122 cm³/mol. The fourth-order valence-corrected chi connectivity index (χ4v) is 5.80. The van der Waals surface area contributed by atoms with E-state index < -0.39 is 12.0 Å². The molecule has 2 aromatic rings. The smallest absolute Gasteiger partial charge is 0.409 e. The highest BCUT2D eigenvalue weighted by Gasteiger charge is 2.37. The minimum absolute atomic E-state index is 0.0476. The van der Waals surface area contributed by atoms with Gasteiger partial charge in [-0.1, -0.05) is 61.4 Å². The van der Waals surface area contributed by atoms with Crippen molar-refractivity contribution in [1.82, 2.24) is 9.80 Å². The lowest BCUT2D eigenvalue weighted by molar-refractivity contribution is -0.146. The van der Waals surface area contributed by atoms with E-state index in [0.29, 0.717) is 32.8 Å². The zero-order chi connectivity index (χ0) is 22.1. The van der Waals surface area contributed by atoms with Crippen molar-refractivity contribution >= 4 is 12.1 Å². The topological polar surface area (TPSA) is 70.1 Å². The summed E-state index contributed by atoms with van der Waals surface area (Å²) in [5.41, 5.74) is 4.83. The fraction of sp³-hybridized carbons (Fsp3) is 0.462. The Balaban J connectivity index is 1.20. The third-order valence-corrected chi connectivity index (χ3v) is 7.40. The minimum atomic E-state index is -0.730. The molecule has 168 valence electrons. The Kier molecular flexibility index (Phi) is 5.87. The maximum atomic E-state index is 12.8. The van der Waals surface area contributed by atoms with Gasteiger partial charge >= 0.3 is 12.1 Å². The molecule has 1 saturated carbocycles. The Bertz CT molecular complexity index is 947. The first-order chi connectivity index (χ1) is 15.6. The summed E-state index contributed by atoms with van der Waals surface area (Å²) >= 11 is 0. The molecule has 0 bridgehead atoms. The van der Waals surface area contributed by atoms with Crippen LogP contribution >= 0.6 is 0 Å². The number of amides is 1. The first-order valence-corrected chi connectivity index (χ1v) is 11.7. The lowest BCUT2D eigenvalue weighted by atomic mass is 9.96. The Labute approximate surface area is 188 Å². The number of ether oxygens (including phenoxy) is 1. The van der Waals surface area contributed by atoms with Gasteiger partial charge in [0.2, 0.25) is 0 Å².